The molecule has 134 valence electrons. The first kappa shape index (κ1) is 21.1. The Balaban J connectivity index is 0.00000144. The number of hydrogen-bond donors (Lipinski definition) is 1. The lowest BCUT2D eigenvalue weighted by molar-refractivity contribution is 0.350. The Bertz CT molecular complexity index is 794. The van der Waals surface area contributed by atoms with Crippen molar-refractivity contribution < 1.29 is 8.42 Å². The van der Waals surface area contributed by atoms with Gasteiger partial charge in [0.05, 0.1) is 4.90 Å². The topological polar surface area (TPSA) is 62.3 Å². The molecule has 1 fully saturated rings. The maximum absolute atomic E-state index is 13.2. The third-order valence-corrected chi connectivity index (χ3v) is 6.32. The molecule has 3 rings (SSSR count). The standard InChI is InChI=1S/C16H21N3O2S.2ClH/c1-12-10-18-11-14-4-3-5-15(16(12)14)22(20,21)19-9-8-17-7-6-13(19)2;;/h3-5,10-11,13,17H,6-9H2,1-2H3;2*1H. The number of hydrogen-bond acceptors (Lipinski definition) is 4. The Kier molecular flexibility index (Phi) is 7.44. The molecule has 2 aromatic rings. The van der Waals surface area contributed by atoms with Crippen molar-refractivity contribution in [2.75, 3.05) is 19.6 Å². The highest BCUT2D eigenvalue weighted by atomic mass is 35.5. The Morgan fingerprint density at radius 2 is 1.96 bits per heavy atom. The van der Waals surface area contributed by atoms with Crippen LogP contribution >= 0.6 is 24.8 Å². The molecule has 0 aliphatic carbocycles. The molecule has 0 amide bonds. The van der Waals surface area contributed by atoms with Crippen molar-refractivity contribution in [3.63, 3.8) is 0 Å². The van der Waals surface area contributed by atoms with Gasteiger partial charge in [0.2, 0.25) is 10.0 Å². The van der Waals surface area contributed by atoms with Crippen LogP contribution < -0.4 is 5.32 Å². The molecule has 0 bridgehead atoms. The van der Waals surface area contributed by atoms with Gasteiger partial charge in [-0.25, -0.2) is 8.42 Å². The van der Waals surface area contributed by atoms with E-state index in [1.165, 1.54) is 0 Å². The summed E-state index contributed by atoms with van der Waals surface area (Å²) in [4.78, 5) is 4.55. The number of fused-ring (bicyclic) bond motifs is 1. The molecular weight excluding hydrogens is 369 g/mol. The zero-order chi connectivity index (χ0) is 15.7. The van der Waals surface area contributed by atoms with E-state index in [0.717, 1.165) is 29.3 Å². The Morgan fingerprint density at radius 3 is 2.71 bits per heavy atom. The van der Waals surface area contributed by atoms with E-state index in [1.54, 1.807) is 28.8 Å². The van der Waals surface area contributed by atoms with Crippen LogP contribution in [-0.4, -0.2) is 43.4 Å². The predicted molar refractivity (Wildman–Crippen MR) is 102 cm³/mol. The first-order chi connectivity index (χ1) is 10.5. The van der Waals surface area contributed by atoms with E-state index >= 15 is 0 Å². The van der Waals surface area contributed by atoms with Gasteiger partial charge in [-0.05, 0) is 38.4 Å². The quantitative estimate of drug-likeness (QED) is 0.854. The summed E-state index contributed by atoms with van der Waals surface area (Å²) >= 11 is 0. The van der Waals surface area contributed by atoms with Gasteiger partial charge in [0, 0.05) is 42.3 Å². The molecule has 24 heavy (non-hydrogen) atoms. The Hall–Kier alpha value is -0.920. The molecule has 0 saturated carbocycles. The minimum Gasteiger partial charge on any atom is -0.315 e. The molecular formula is C16H23Cl2N3O2S. The second kappa shape index (κ2) is 8.45. The summed E-state index contributed by atoms with van der Waals surface area (Å²) in [6.07, 6.45) is 4.26. The monoisotopic (exact) mass is 391 g/mol. The van der Waals surface area contributed by atoms with Crippen LogP contribution in [0.1, 0.15) is 18.9 Å². The van der Waals surface area contributed by atoms with E-state index in [1.807, 2.05) is 19.9 Å². The highest BCUT2D eigenvalue weighted by molar-refractivity contribution is 7.89. The largest absolute Gasteiger partial charge is 0.315 e. The van der Waals surface area contributed by atoms with Gasteiger partial charge in [-0.2, -0.15) is 4.31 Å². The second-order valence-corrected chi connectivity index (χ2v) is 7.67. The number of halogens is 2. The lowest BCUT2D eigenvalue weighted by Gasteiger charge is -2.26. The summed E-state index contributed by atoms with van der Waals surface area (Å²) in [7, 11) is -3.52. The first-order valence-electron chi connectivity index (χ1n) is 7.57. The molecule has 1 aromatic heterocycles. The smallest absolute Gasteiger partial charge is 0.243 e. The fraction of sp³-hybridized carbons (Fsp3) is 0.438. The van der Waals surface area contributed by atoms with Gasteiger partial charge >= 0.3 is 0 Å². The molecule has 0 radical (unpaired) electrons. The molecule has 8 heteroatoms. The zero-order valence-corrected chi connectivity index (χ0v) is 16.2. The van der Waals surface area contributed by atoms with Gasteiger partial charge < -0.3 is 5.32 Å². The van der Waals surface area contributed by atoms with E-state index in [9.17, 15) is 8.42 Å². The molecule has 1 unspecified atom stereocenters. The highest BCUT2D eigenvalue weighted by Gasteiger charge is 2.31. The van der Waals surface area contributed by atoms with Crippen LogP contribution in [0.25, 0.3) is 10.8 Å². The van der Waals surface area contributed by atoms with Gasteiger partial charge in [0.1, 0.15) is 0 Å². The van der Waals surface area contributed by atoms with Crippen LogP contribution in [0.5, 0.6) is 0 Å². The zero-order valence-electron chi connectivity index (χ0n) is 13.7. The number of nitrogens with one attached hydrogen (secondary N) is 1. The third kappa shape index (κ3) is 3.83. The average molecular weight is 392 g/mol. The number of nitrogens with zero attached hydrogens (tertiary/aromatic N) is 2. The average Bonchev–Trinajstić information content (AvgIpc) is 2.72. The van der Waals surface area contributed by atoms with E-state index in [0.29, 0.717) is 18.0 Å². The SMILES string of the molecule is Cc1cncc2cccc(S(=O)(=O)N3CCNCCC3C)c12.Cl.Cl. The summed E-state index contributed by atoms with van der Waals surface area (Å²) in [5, 5.41) is 4.91. The minimum atomic E-state index is -3.52. The number of aromatic nitrogens is 1. The van der Waals surface area contributed by atoms with Crippen LogP contribution in [0, 0.1) is 6.92 Å². The molecule has 2 heterocycles. The number of benzene rings is 1. The number of pyridine rings is 1. The molecule has 1 aromatic carbocycles. The van der Waals surface area contributed by atoms with E-state index in [2.05, 4.69) is 10.3 Å². The Morgan fingerprint density at radius 1 is 1.21 bits per heavy atom. The van der Waals surface area contributed by atoms with Gasteiger partial charge in [-0.1, -0.05) is 12.1 Å². The number of aryl methyl sites for hydroxylation is 1. The molecule has 1 atom stereocenters. The summed E-state index contributed by atoms with van der Waals surface area (Å²) in [5.74, 6) is 0. The fourth-order valence-electron chi connectivity index (χ4n) is 3.06. The van der Waals surface area contributed by atoms with Gasteiger partial charge in [0.25, 0.3) is 0 Å². The van der Waals surface area contributed by atoms with Gasteiger partial charge in [-0.15, -0.1) is 24.8 Å². The van der Waals surface area contributed by atoms with Crippen molar-refractivity contribution in [2.45, 2.75) is 31.2 Å². The molecule has 1 saturated heterocycles. The van der Waals surface area contributed by atoms with E-state index in [-0.39, 0.29) is 30.9 Å². The lowest BCUT2D eigenvalue weighted by atomic mass is 10.1. The molecule has 1 aliphatic rings. The van der Waals surface area contributed by atoms with Gasteiger partial charge in [0.15, 0.2) is 0 Å². The van der Waals surface area contributed by atoms with Crippen LogP contribution in [0.15, 0.2) is 35.5 Å². The van der Waals surface area contributed by atoms with Crippen LogP contribution in [-0.2, 0) is 10.0 Å². The fourth-order valence-corrected chi connectivity index (χ4v) is 5.01. The maximum Gasteiger partial charge on any atom is 0.243 e. The van der Waals surface area contributed by atoms with Crippen molar-refractivity contribution in [3.05, 3.63) is 36.2 Å². The number of sulfonamides is 1. The first-order valence-corrected chi connectivity index (χ1v) is 9.01. The van der Waals surface area contributed by atoms with Crippen molar-refractivity contribution in [1.82, 2.24) is 14.6 Å². The normalized spacial score (nSPS) is 19.2. The minimum absolute atomic E-state index is 0. The summed E-state index contributed by atoms with van der Waals surface area (Å²) < 4.78 is 28.0. The third-order valence-electron chi connectivity index (χ3n) is 4.26. The van der Waals surface area contributed by atoms with Crippen molar-refractivity contribution in [2.24, 2.45) is 0 Å². The van der Waals surface area contributed by atoms with Crippen molar-refractivity contribution >= 4 is 45.6 Å². The van der Waals surface area contributed by atoms with Crippen molar-refractivity contribution in [3.8, 4) is 0 Å². The van der Waals surface area contributed by atoms with Crippen LogP contribution in [0.3, 0.4) is 0 Å². The molecule has 1 N–H and O–H groups in total. The molecule has 0 spiro atoms. The summed E-state index contributed by atoms with van der Waals surface area (Å²) in [5.41, 5.74) is 0.886. The number of rotatable bonds is 2. The van der Waals surface area contributed by atoms with E-state index < -0.39 is 10.0 Å². The molecule has 1 aliphatic heterocycles. The second-order valence-electron chi connectivity index (χ2n) is 5.81. The lowest BCUT2D eigenvalue weighted by Crippen LogP contribution is -2.39. The van der Waals surface area contributed by atoms with Gasteiger partial charge in [-0.3, -0.25) is 4.98 Å². The molecule has 5 nitrogen and oxygen atoms in total. The van der Waals surface area contributed by atoms with Crippen molar-refractivity contribution in [1.29, 1.82) is 0 Å². The van der Waals surface area contributed by atoms with E-state index in [4.69, 9.17) is 0 Å². The van der Waals surface area contributed by atoms with Crippen LogP contribution in [0.4, 0.5) is 0 Å². The summed E-state index contributed by atoms with van der Waals surface area (Å²) in [6, 6.07) is 5.39. The summed E-state index contributed by atoms with van der Waals surface area (Å²) in [6.45, 7) is 5.93. The highest BCUT2D eigenvalue weighted by Crippen LogP contribution is 2.29. The Labute approximate surface area is 155 Å². The van der Waals surface area contributed by atoms with Crippen LogP contribution in [0.2, 0.25) is 0 Å². The maximum atomic E-state index is 13.2. The predicted octanol–water partition coefficient (Wildman–Crippen LogP) is 2.76.